The van der Waals surface area contributed by atoms with E-state index in [4.69, 9.17) is 18.9 Å². The van der Waals surface area contributed by atoms with Gasteiger partial charge in [0.25, 0.3) is 0 Å². The number of carbonyl (C=O) groups is 3. The first-order chi connectivity index (χ1) is 43.6. The first-order valence-corrected chi connectivity index (χ1v) is 36.0. The van der Waals surface area contributed by atoms with Crippen molar-refractivity contribution in [2.75, 3.05) is 47.5 Å². The van der Waals surface area contributed by atoms with Crippen LogP contribution in [0.1, 0.15) is 284 Å². The first-order valence-electron chi connectivity index (χ1n) is 36.0. The van der Waals surface area contributed by atoms with Crippen LogP contribution in [0.15, 0.2) is 146 Å². The van der Waals surface area contributed by atoms with Gasteiger partial charge in [-0.15, -0.1) is 0 Å². The van der Waals surface area contributed by atoms with Gasteiger partial charge in [-0.05, 0) is 116 Å². The van der Waals surface area contributed by atoms with Gasteiger partial charge >= 0.3 is 11.9 Å². The summed E-state index contributed by atoms with van der Waals surface area (Å²) in [5.41, 5.74) is 0. The van der Waals surface area contributed by atoms with E-state index in [2.05, 4.69) is 160 Å². The molecule has 0 heterocycles. The zero-order chi connectivity index (χ0) is 64.7. The summed E-state index contributed by atoms with van der Waals surface area (Å²) in [7, 11) is 5.93. The van der Waals surface area contributed by atoms with E-state index >= 15 is 0 Å². The molecule has 9 heteroatoms. The number of ether oxygens (including phenoxy) is 4. The predicted octanol–water partition coefficient (Wildman–Crippen LogP) is 21.4. The molecule has 506 valence electrons. The Morgan fingerprint density at radius 2 is 0.607 bits per heavy atom. The van der Waals surface area contributed by atoms with E-state index in [-0.39, 0.29) is 38.6 Å². The SMILES string of the molecule is CC/C=C\C/C=C\C/C=C\C/C=C\C/C=C\C/C=C\CCCCCCCCCCCCCCCCCCC(=O)OC(COC(=O)CCCCCCCCCCCC/C=C\C/C=C\C/C=C\C/C=C\C/C=C\C/C=C\CC)COC(OCC[N+](C)(C)C)C(=O)[O-]. The summed E-state index contributed by atoms with van der Waals surface area (Å²) in [6, 6.07) is 0. The van der Waals surface area contributed by atoms with Gasteiger partial charge in [-0.2, -0.15) is 0 Å². The number of carbonyl (C=O) groups excluding carboxylic acids is 3. The molecule has 0 aliphatic carbocycles. The highest BCUT2D eigenvalue weighted by atomic mass is 16.7. The van der Waals surface area contributed by atoms with E-state index in [0.717, 1.165) is 128 Å². The van der Waals surface area contributed by atoms with Gasteiger partial charge in [0, 0.05) is 12.8 Å². The van der Waals surface area contributed by atoms with Gasteiger partial charge < -0.3 is 33.3 Å². The summed E-state index contributed by atoms with van der Waals surface area (Å²) >= 11 is 0. The van der Waals surface area contributed by atoms with Gasteiger partial charge in [-0.25, -0.2) is 0 Å². The van der Waals surface area contributed by atoms with Crippen LogP contribution in [0.25, 0.3) is 0 Å². The zero-order valence-corrected chi connectivity index (χ0v) is 57.8. The molecule has 0 saturated heterocycles. The molecule has 9 nitrogen and oxygen atoms in total. The highest BCUT2D eigenvalue weighted by Crippen LogP contribution is 2.17. The normalized spacial score (nSPS) is 13.6. The molecule has 89 heavy (non-hydrogen) atoms. The number of hydrogen-bond acceptors (Lipinski definition) is 8. The minimum Gasteiger partial charge on any atom is -0.545 e. The number of hydrogen-bond donors (Lipinski definition) is 0. The van der Waals surface area contributed by atoms with Gasteiger partial charge in [-0.3, -0.25) is 9.59 Å². The van der Waals surface area contributed by atoms with E-state index < -0.39 is 24.3 Å². The fourth-order valence-electron chi connectivity index (χ4n) is 9.66. The van der Waals surface area contributed by atoms with Crippen molar-refractivity contribution < 1.29 is 42.9 Å². The Morgan fingerprint density at radius 3 is 0.899 bits per heavy atom. The molecular formula is C80H133NO8. The third-order valence-electron chi connectivity index (χ3n) is 15.1. The number of aliphatic carboxylic acids is 1. The highest BCUT2D eigenvalue weighted by Gasteiger charge is 2.22. The van der Waals surface area contributed by atoms with Crippen LogP contribution in [0, 0.1) is 0 Å². The summed E-state index contributed by atoms with van der Waals surface area (Å²) in [6.45, 7) is 4.52. The maximum Gasteiger partial charge on any atom is 0.306 e. The summed E-state index contributed by atoms with van der Waals surface area (Å²) < 4.78 is 22.8. The lowest BCUT2D eigenvalue weighted by molar-refractivity contribution is -0.870. The van der Waals surface area contributed by atoms with E-state index in [1.807, 2.05) is 21.1 Å². The summed E-state index contributed by atoms with van der Waals surface area (Å²) in [4.78, 5) is 37.5. The lowest BCUT2D eigenvalue weighted by Crippen LogP contribution is -2.44. The molecule has 0 aliphatic heterocycles. The maximum atomic E-state index is 13.0. The van der Waals surface area contributed by atoms with Gasteiger partial charge in [-0.1, -0.05) is 301 Å². The lowest BCUT2D eigenvalue weighted by atomic mass is 10.0. The van der Waals surface area contributed by atoms with Crippen molar-refractivity contribution in [2.45, 2.75) is 296 Å². The van der Waals surface area contributed by atoms with Crippen LogP contribution in [0.2, 0.25) is 0 Å². The Balaban J connectivity index is 4.13. The summed E-state index contributed by atoms with van der Waals surface area (Å²) in [5.74, 6) is -2.29. The van der Waals surface area contributed by atoms with Crippen LogP contribution in [0.5, 0.6) is 0 Å². The molecule has 0 saturated carbocycles. The molecular weight excluding hydrogens is 1100 g/mol. The molecule has 0 fully saturated rings. The number of carboxylic acid groups (broad SMARTS) is 1. The van der Waals surface area contributed by atoms with Gasteiger partial charge in [0.05, 0.1) is 40.3 Å². The average molecular weight is 1240 g/mol. The molecule has 0 N–H and O–H groups in total. The number of esters is 2. The largest absolute Gasteiger partial charge is 0.545 e. The molecule has 2 unspecified atom stereocenters. The van der Waals surface area contributed by atoms with E-state index in [9.17, 15) is 19.5 Å². The molecule has 2 atom stereocenters. The van der Waals surface area contributed by atoms with Gasteiger partial charge in [0.1, 0.15) is 13.2 Å². The van der Waals surface area contributed by atoms with Crippen molar-refractivity contribution in [3.8, 4) is 0 Å². The quantitative estimate of drug-likeness (QED) is 0.0195. The molecule has 0 radical (unpaired) electrons. The number of allylic oxidation sites excluding steroid dienone is 24. The van der Waals surface area contributed by atoms with Crippen molar-refractivity contribution in [2.24, 2.45) is 0 Å². The second kappa shape index (κ2) is 69.1. The van der Waals surface area contributed by atoms with Crippen LogP contribution in [0.4, 0.5) is 0 Å². The van der Waals surface area contributed by atoms with Crippen molar-refractivity contribution in [1.82, 2.24) is 0 Å². The molecule has 0 bridgehead atoms. The Morgan fingerprint density at radius 1 is 0.337 bits per heavy atom. The molecule has 0 aromatic heterocycles. The van der Waals surface area contributed by atoms with Gasteiger partial charge in [0.15, 0.2) is 12.4 Å². The lowest BCUT2D eigenvalue weighted by Gasteiger charge is -2.26. The Bertz CT molecular complexity index is 1970. The van der Waals surface area contributed by atoms with Crippen LogP contribution in [0.3, 0.4) is 0 Å². The second-order valence-corrected chi connectivity index (χ2v) is 24.8. The zero-order valence-electron chi connectivity index (χ0n) is 57.8. The second-order valence-electron chi connectivity index (χ2n) is 24.8. The topological polar surface area (TPSA) is 111 Å². The first kappa shape index (κ1) is 84.2. The maximum absolute atomic E-state index is 13.0. The van der Waals surface area contributed by atoms with Crippen LogP contribution in [-0.4, -0.2) is 82.3 Å². The van der Waals surface area contributed by atoms with Crippen molar-refractivity contribution in [3.63, 3.8) is 0 Å². The average Bonchev–Trinajstić information content (AvgIpc) is 3.64. The van der Waals surface area contributed by atoms with Gasteiger partial charge in [0.2, 0.25) is 0 Å². The summed E-state index contributed by atoms with van der Waals surface area (Å²) in [5, 5.41) is 11.8. The number of likely N-dealkylation sites (N-methyl/N-ethyl adjacent to an activating group) is 1. The molecule has 0 aromatic carbocycles. The Labute approximate surface area is 547 Å². The Kier molecular flexibility index (Phi) is 65.3. The number of quaternary nitrogens is 1. The standard InChI is InChI=1S/C80H133NO8/c1-6-8-10-12-14-16-18-20-22-24-26-28-30-32-34-36-37-38-39-40-41-43-45-47-49-51-53-55-57-59-61-63-65-67-69-71-78(83)89-76(75-88-80(79(84)85)86-73-72-81(3,4)5)74-87-77(82)70-68-66-64-62-60-58-56-54-52-50-48-46-44-42-35-33-31-29-27-25-23-21-19-17-15-13-11-9-7-2/h8-11,14-17,20-23,26-29,32-35,37-38,44,46,76,80H,6-7,12-13,18-19,24-25,30-31,36,39-43,45,47-75H2,1-5H3/b10-8-,11-9-,16-14-,17-15-,22-20-,23-21-,28-26-,29-27-,34-32-,35-33-,38-37-,46-44-. The van der Waals surface area contributed by atoms with E-state index in [0.29, 0.717) is 17.4 Å². The number of unbranched alkanes of at least 4 members (excludes halogenated alkanes) is 26. The molecule has 0 aromatic rings. The fraction of sp³-hybridized carbons (Fsp3) is 0.662. The molecule has 0 spiro atoms. The third-order valence-corrected chi connectivity index (χ3v) is 15.1. The van der Waals surface area contributed by atoms with Crippen LogP contribution >= 0.6 is 0 Å². The Hall–Kier alpha value is -4.83. The van der Waals surface area contributed by atoms with Crippen LogP contribution < -0.4 is 5.11 Å². The number of rotatable bonds is 65. The monoisotopic (exact) mass is 1240 g/mol. The number of nitrogens with zero attached hydrogens (tertiary/aromatic N) is 1. The smallest absolute Gasteiger partial charge is 0.306 e. The highest BCUT2D eigenvalue weighted by molar-refractivity contribution is 5.70. The molecule has 0 amide bonds. The molecule has 0 rings (SSSR count). The predicted molar refractivity (Wildman–Crippen MR) is 379 cm³/mol. The van der Waals surface area contributed by atoms with E-state index in [1.54, 1.807) is 0 Å². The minimum absolute atomic E-state index is 0.141. The fourth-order valence-corrected chi connectivity index (χ4v) is 9.66. The third kappa shape index (κ3) is 70.5. The minimum atomic E-state index is -1.63. The van der Waals surface area contributed by atoms with Crippen LogP contribution in [-0.2, 0) is 33.3 Å². The van der Waals surface area contributed by atoms with Crippen molar-refractivity contribution >= 4 is 17.9 Å². The van der Waals surface area contributed by atoms with Crippen molar-refractivity contribution in [1.29, 1.82) is 0 Å². The number of carboxylic acids is 1. The summed E-state index contributed by atoms with van der Waals surface area (Å²) in [6.07, 6.45) is 97.8. The van der Waals surface area contributed by atoms with Crippen molar-refractivity contribution in [3.05, 3.63) is 146 Å². The molecule has 0 aliphatic rings. The van der Waals surface area contributed by atoms with E-state index in [1.165, 1.54) is 122 Å².